The lowest BCUT2D eigenvalue weighted by atomic mass is 9.99. The van der Waals surface area contributed by atoms with Crippen LogP contribution in [0.5, 0.6) is 0 Å². The molecule has 5 nitrogen and oxygen atoms in total. The van der Waals surface area contributed by atoms with E-state index in [-0.39, 0.29) is 5.91 Å². The topological polar surface area (TPSA) is 66.9 Å². The molecule has 2 aromatic carbocycles. The van der Waals surface area contributed by atoms with Crippen molar-refractivity contribution >= 4 is 22.6 Å². The zero-order chi connectivity index (χ0) is 23.4. The highest BCUT2D eigenvalue weighted by molar-refractivity contribution is 5.97. The second-order valence-corrected chi connectivity index (χ2v) is 7.66. The minimum Gasteiger partial charge on any atom is -0.309 e. The molecular weight excluding hydrogens is 415 g/mol. The third-order valence-corrected chi connectivity index (χ3v) is 5.29. The molecule has 1 atom stereocenters. The van der Waals surface area contributed by atoms with Crippen molar-refractivity contribution in [2.24, 2.45) is 0 Å². The van der Waals surface area contributed by atoms with Gasteiger partial charge in [-0.25, -0.2) is 9.37 Å². The fraction of sp³-hybridized carbons (Fsp3) is 0.148. The van der Waals surface area contributed by atoms with E-state index >= 15 is 4.39 Å². The molecule has 6 heteroatoms. The Bertz CT molecular complexity index is 1380. The van der Waals surface area contributed by atoms with Gasteiger partial charge in [0.2, 0.25) is 5.91 Å². The summed E-state index contributed by atoms with van der Waals surface area (Å²) in [4.78, 5) is 21.5. The van der Waals surface area contributed by atoms with Gasteiger partial charge in [-0.15, -0.1) is 0 Å². The summed E-state index contributed by atoms with van der Waals surface area (Å²) < 4.78 is 15.1. The third kappa shape index (κ3) is 4.89. The predicted octanol–water partition coefficient (Wildman–Crippen LogP) is 4.69. The molecule has 0 aliphatic carbocycles. The van der Waals surface area contributed by atoms with Crippen LogP contribution in [0, 0.1) is 24.6 Å². The largest absolute Gasteiger partial charge is 0.309 e. The van der Waals surface area contributed by atoms with E-state index in [1.165, 1.54) is 6.07 Å². The van der Waals surface area contributed by atoms with Crippen LogP contribution in [0.2, 0.25) is 0 Å². The van der Waals surface area contributed by atoms with Crippen LogP contribution >= 0.6 is 0 Å². The third-order valence-electron chi connectivity index (χ3n) is 5.29. The summed E-state index contributed by atoms with van der Waals surface area (Å²) in [6.07, 6.45) is 0. The van der Waals surface area contributed by atoms with E-state index in [0.717, 1.165) is 16.6 Å². The number of amides is 1. The zero-order valence-electron chi connectivity index (χ0n) is 18.6. The first kappa shape index (κ1) is 22.1. The molecule has 0 spiro atoms. The van der Waals surface area contributed by atoms with E-state index in [4.69, 9.17) is 0 Å². The highest BCUT2D eigenvalue weighted by Gasteiger charge is 2.17. The number of benzene rings is 2. The zero-order valence-corrected chi connectivity index (χ0v) is 18.6. The van der Waals surface area contributed by atoms with E-state index in [9.17, 15) is 4.79 Å². The Kier molecular flexibility index (Phi) is 6.43. The normalized spacial score (nSPS) is 11.5. The molecule has 0 bridgehead atoms. The smallest absolute Gasteiger partial charge is 0.242 e. The molecule has 0 fully saturated rings. The minimum absolute atomic E-state index is 0.228. The number of pyridine rings is 2. The van der Waals surface area contributed by atoms with Crippen LogP contribution in [0.15, 0.2) is 66.7 Å². The van der Waals surface area contributed by atoms with Crippen molar-refractivity contribution in [2.75, 3.05) is 12.4 Å². The quantitative estimate of drug-likeness (QED) is 0.454. The van der Waals surface area contributed by atoms with E-state index in [1.54, 1.807) is 32.2 Å². The summed E-state index contributed by atoms with van der Waals surface area (Å²) in [5.41, 5.74) is 3.32. The average molecular weight is 439 g/mol. The molecular formula is C27H23FN4O. The number of carbonyl (C=O) groups is 1. The van der Waals surface area contributed by atoms with Crippen LogP contribution in [0.1, 0.15) is 23.9 Å². The van der Waals surface area contributed by atoms with E-state index < -0.39 is 11.9 Å². The SMILES string of the molecule is CNC(C)C(=O)Nc1ccc(-c2c(F)ccc3ccc(C)nc23)c(C#Cc2ccccc2)n1. The summed E-state index contributed by atoms with van der Waals surface area (Å²) in [6.45, 7) is 3.61. The lowest BCUT2D eigenvalue weighted by molar-refractivity contribution is -0.117. The van der Waals surface area contributed by atoms with Gasteiger partial charge in [0.15, 0.2) is 0 Å². The number of aryl methyl sites for hydroxylation is 1. The van der Waals surface area contributed by atoms with Gasteiger partial charge in [-0.2, -0.15) is 0 Å². The molecule has 33 heavy (non-hydrogen) atoms. The molecule has 0 aliphatic heterocycles. The maximum Gasteiger partial charge on any atom is 0.242 e. The molecule has 1 unspecified atom stereocenters. The van der Waals surface area contributed by atoms with Crippen molar-refractivity contribution in [2.45, 2.75) is 19.9 Å². The molecule has 4 rings (SSSR count). The van der Waals surface area contributed by atoms with Gasteiger partial charge in [-0.1, -0.05) is 30.2 Å². The Morgan fingerprint density at radius 2 is 1.73 bits per heavy atom. The molecule has 1 amide bonds. The van der Waals surface area contributed by atoms with Crippen molar-refractivity contribution in [3.8, 4) is 23.0 Å². The van der Waals surface area contributed by atoms with Gasteiger partial charge in [0.25, 0.3) is 0 Å². The maximum atomic E-state index is 15.1. The van der Waals surface area contributed by atoms with E-state index in [0.29, 0.717) is 28.2 Å². The van der Waals surface area contributed by atoms with Crippen molar-refractivity contribution in [1.82, 2.24) is 15.3 Å². The number of anilines is 1. The van der Waals surface area contributed by atoms with Crippen LogP contribution in [0.3, 0.4) is 0 Å². The Morgan fingerprint density at radius 3 is 2.48 bits per heavy atom. The number of carbonyl (C=O) groups excluding carboxylic acids is 1. The van der Waals surface area contributed by atoms with Gasteiger partial charge in [-0.3, -0.25) is 9.78 Å². The highest BCUT2D eigenvalue weighted by Crippen LogP contribution is 2.32. The Morgan fingerprint density at radius 1 is 0.970 bits per heavy atom. The summed E-state index contributed by atoms with van der Waals surface area (Å²) in [6, 6.07) is 19.4. The Hall–Kier alpha value is -4.08. The predicted molar refractivity (Wildman–Crippen MR) is 129 cm³/mol. The first-order chi connectivity index (χ1) is 16.0. The van der Waals surface area contributed by atoms with Crippen LogP contribution in [0.25, 0.3) is 22.0 Å². The summed E-state index contributed by atoms with van der Waals surface area (Å²) in [5, 5.41) is 6.49. The molecule has 0 saturated heterocycles. The van der Waals surface area contributed by atoms with Gasteiger partial charge in [-0.05, 0) is 69.3 Å². The van der Waals surface area contributed by atoms with Gasteiger partial charge >= 0.3 is 0 Å². The summed E-state index contributed by atoms with van der Waals surface area (Å²) in [7, 11) is 1.70. The fourth-order valence-electron chi connectivity index (χ4n) is 3.36. The molecule has 2 heterocycles. The van der Waals surface area contributed by atoms with E-state index in [1.807, 2.05) is 49.4 Å². The number of likely N-dealkylation sites (N-methyl/N-ethyl adjacent to an activating group) is 1. The fourth-order valence-corrected chi connectivity index (χ4v) is 3.36. The molecule has 0 radical (unpaired) electrons. The summed E-state index contributed by atoms with van der Waals surface area (Å²) >= 11 is 0. The van der Waals surface area contributed by atoms with Crippen LogP contribution < -0.4 is 10.6 Å². The molecule has 2 N–H and O–H groups in total. The number of aromatic nitrogens is 2. The standard InChI is InChI=1S/C27H23FN4O/c1-17-9-11-20-12-14-22(28)25(26(20)30-17)21-13-16-24(32-27(33)18(2)29-3)31-23(21)15-10-19-7-5-4-6-8-19/h4-9,11-14,16,18,29H,1-3H3,(H,31,32,33). The van der Waals surface area contributed by atoms with Gasteiger partial charge in [0, 0.05) is 27.8 Å². The minimum atomic E-state index is -0.411. The maximum absolute atomic E-state index is 15.1. The number of rotatable bonds is 4. The van der Waals surface area contributed by atoms with Crippen molar-refractivity contribution in [3.05, 3.63) is 89.5 Å². The first-order valence-electron chi connectivity index (χ1n) is 10.6. The van der Waals surface area contributed by atoms with Crippen molar-refractivity contribution in [3.63, 3.8) is 0 Å². The lowest BCUT2D eigenvalue weighted by Gasteiger charge is -2.13. The monoisotopic (exact) mass is 438 g/mol. The molecule has 0 saturated carbocycles. The van der Waals surface area contributed by atoms with Gasteiger partial charge < -0.3 is 10.6 Å². The number of halogens is 1. The van der Waals surface area contributed by atoms with Gasteiger partial charge in [0.05, 0.1) is 11.6 Å². The van der Waals surface area contributed by atoms with E-state index in [2.05, 4.69) is 32.4 Å². The highest BCUT2D eigenvalue weighted by atomic mass is 19.1. The molecule has 0 aliphatic rings. The molecule has 164 valence electrons. The number of nitrogens with zero attached hydrogens (tertiary/aromatic N) is 2. The van der Waals surface area contributed by atoms with Crippen LogP contribution in [-0.2, 0) is 4.79 Å². The second-order valence-electron chi connectivity index (χ2n) is 7.66. The Labute approximate surface area is 192 Å². The van der Waals surface area contributed by atoms with Crippen molar-refractivity contribution in [1.29, 1.82) is 0 Å². The lowest BCUT2D eigenvalue weighted by Crippen LogP contribution is -2.35. The number of nitrogens with one attached hydrogen (secondary N) is 2. The molecule has 2 aromatic heterocycles. The van der Waals surface area contributed by atoms with Gasteiger partial charge in [0.1, 0.15) is 17.3 Å². The number of hydrogen-bond donors (Lipinski definition) is 2. The molecule has 4 aromatic rings. The van der Waals surface area contributed by atoms with Crippen molar-refractivity contribution < 1.29 is 9.18 Å². The summed E-state index contributed by atoms with van der Waals surface area (Å²) in [5.74, 6) is 5.85. The van der Waals surface area contributed by atoms with Crippen LogP contribution in [-0.4, -0.2) is 29.0 Å². The van der Waals surface area contributed by atoms with Crippen LogP contribution in [0.4, 0.5) is 10.2 Å². The first-order valence-corrected chi connectivity index (χ1v) is 10.6. The average Bonchev–Trinajstić information content (AvgIpc) is 2.83. The number of hydrogen-bond acceptors (Lipinski definition) is 4. The second kappa shape index (κ2) is 9.60. The number of fused-ring (bicyclic) bond motifs is 1. The Balaban J connectivity index is 1.89.